The third-order valence-corrected chi connectivity index (χ3v) is 3.58. The number of likely N-dealkylation sites (N-methyl/N-ethyl adjacent to an activating group) is 1. The summed E-state index contributed by atoms with van der Waals surface area (Å²) >= 11 is 6.12. The second-order valence-electron chi connectivity index (χ2n) is 5.54. The number of nitrogens with zero attached hydrogens (tertiary/aromatic N) is 4. The summed E-state index contributed by atoms with van der Waals surface area (Å²) in [6.45, 7) is 5.91. The van der Waals surface area contributed by atoms with Crippen LogP contribution in [0, 0.1) is 0 Å². The summed E-state index contributed by atoms with van der Waals surface area (Å²) in [7, 11) is 0. The van der Waals surface area contributed by atoms with Crippen LogP contribution in [0.4, 0.5) is 0 Å². The van der Waals surface area contributed by atoms with Crippen molar-refractivity contribution in [3.8, 4) is 5.69 Å². The van der Waals surface area contributed by atoms with E-state index in [0.717, 1.165) is 0 Å². The Labute approximate surface area is 145 Å². The molecule has 0 radical (unpaired) electrons. The summed E-state index contributed by atoms with van der Waals surface area (Å²) in [5.41, 5.74) is 0.792. The summed E-state index contributed by atoms with van der Waals surface area (Å²) in [5, 5.41) is 11.1. The first-order valence-electron chi connectivity index (χ1n) is 7.68. The lowest BCUT2D eigenvalue weighted by molar-refractivity contribution is -0.122. The van der Waals surface area contributed by atoms with E-state index in [4.69, 9.17) is 11.6 Å². The van der Waals surface area contributed by atoms with Gasteiger partial charge in [-0.1, -0.05) is 28.9 Å². The molecule has 1 aromatic heterocycles. The number of hydrogen-bond donors (Lipinski definition) is 1. The number of halogens is 1. The molecule has 0 aliphatic rings. The molecule has 0 atom stereocenters. The third kappa shape index (κ3) is 4.32. The number of nitrogens with one attached hydrogen (secondary N) is 1. The lowest BCUT2D eigenvalue weighted by Gasteiger charge is -2.19. The van der Waals surface area contributed by atoms with Crippen molar-refractivity contribution >= 4 is 23.4 Å². The van der Waals surface area contributed by atoms with Crippen LogP contribution in [0.2, 0.25) is 5.02 Å². The van der Waals surface area contributed by atoms with Gasteiger partial charge < -0.3 is 10.2 Å². The van der Waals surface area contributed by atoms with Crippen LogP contribution in [0.1, 0.15) is 31.3 Å². The molecule has 1 N–H and O–H groups in total. The molecular weight excluding hydrogens is 330 g/mol. The molecule has 0 aliphatic heterocycles. The van der Waals surface area contributed by atoms with Gasteiger partial charge in [0.2, 0.25) is 5.91 Å². The maximum atomic E-state index is 12.5. The zero-order valence-electron chi connectivity index (χ0n) is 13.9. The molecular formula is C16H20ClN5O2. The van der Waals surface area contributed by atoms with Crippen LogP contribution in [0.3, 0.4) is 0 Å². The number of carbonyl (C=O) groups is 2. The van der Waals surface area contributed by atoms with Crippen molar-refractivity contribution in [1.82, 2.24) is 25.2 Å². The van der Waals surface area contributed by atoms with Gasteiger partial charge in [-0.15, -0.1) is 5.10 Å². The largest absolute Gasteiger partial charge is 0.352 e. The molecule has 0 unspecified atom stereocenters. The van der Waals surface area contributed by atoms with Crippen molar-refractivity contribution in [3.63, 3.8) is 0 Å². The first-order chi connectivity index (χ1) is 11.4. The van der Waals surface area contributed by atoms with Crippen LogP contribution in [0.25, 0.3) is 5.69 Å². The van der Waals surface area contributed by atoms with Gasteiger partial charge in [0, 0.05) is 12.6 Å². The zero-order valence-corrected chi connectivity index (χ0v) is 14.6. The van der Waals surface area contributed by atoms with Gasteiger partial charge in [-0.05, 0) is 32.9 Å². The molecule has 7 nitrogen and oxygen atoms in total. The standard InChI is InChI=1S/C16H20ClN5O2/c1-4-21(10-15(23)18-11(2)3)16(24)13-9-22(20-19-13)14-8-6-5-7-12(14)17/h5-9,11H,4,10H2,1-3H3,(H,18,23). The summed E-state index contributed by atoms with van der Waals surface area (Å²) < 4.78 is 1.44. The van der Waals surface area contributed by atoms with Crippen molar-refractivity contribution in [3.05, 3.63) is 41.2 Å². The van der Waals surface area contributed by atoms with Crippen molar-refractivity contribution in [1.29, 1.82) is 0 Å². The predicted octanol–water partition coefficient (Wildman–Crippen LogP) is 1.91. The van der Waals surface area contributed by atoms with Gasteiger partial charge in [0.25, 0.3) is 5.91 Å². The summed E-state index contributed by atoms with van der Waals surface area (Å²) in [6.07, 6.45) is 1.51. The van der Waals surface area contributed by atoms with Crippen molar-refractivity contribution in [2.45, 2.75) is 26.8 Å². The second-order valence-corrected chi connectivity index (χ2v) is 5.95. The molecule has 1 aromatic carbocycles. The second kappa shape index (κ2) is 7.92. The number of amides is 2. The molecule has 2 amide bonds. The maximum Gasteiger partial charge on any atom is 0.276 e. The van der Waals surface area contributed by atoms with E-state index in [2.05, 4.69) is 15.6 Å². The number of benzene rings is 1. The molecule has 0 bridgehead atoms. The van der Waals surface area contributed by atoms with Gasteiger partial charge in [-0.25, -0.2) is 4.68 Å². The highest BCUT2D eigenvalue weighted by atomic mass is 35.5. The van der Waals surface area contributed by atoms with Crippen molar-refractivity contribution < 1.29 is 9.59 Å². The summed E-state index contributed by atoms with van der Waals surface area (Å²) in [4.78, 5) is 25.8. The summed E-state index contributed by atoms with van der Waals surface area (Å²) in [6, 6.07) is 7.15. The maximum absolute atomic E-state index is 12.5. The molecule has 0 aliphatic carbocycles. The van der Waals surface area contributed by atoms with Crippen LogP contribution in [0.15, 0.2) is 30.5 Å². The SMILES string of the molecule is CCN(CC(=O)NC(C)C)C(=O)c1cn(-c2ccccc2Cl)nn1. The first kappa shape index (κ1) is 17.9. The highest BCUT2D eigenvalue weighted by Crippen LogP contribution is 2.18. The Kier molecular flexibility index (Phi) is 5.92. The fourth-order valence-electron chi connectivity index (χ4n) is 2.15. The highest BCUT2D eigenvalue weighted by molar-refractivity contribution is 6.32. The Bertz CT molecular complexity index is 729. The Balaban J connectivity index is 2.14. The van der Waals surface area contributed by atoms with Crippen molar-refractivity contribution in [2.24, 2.45) is 0 Å². The zero-order chi connectivity index (χ0) is 17.7. The minimum atomic E-state index is -0.352. The molecule has 0 spiro atoms. The lowest BCUT2D eigenvalue weighted by Crippen LogP contribution is -2.42. The number of rotatable bonds is 6. The van der Waals surface area contributed by atoms with E-state index in [1.54, 1.807) is 25.1 Å². The number of hydrogen-bond acceptors (Lipinski definition) is 4. The highest BCUT2D eigenvalue weighted by Gasteiger charge is 2.21. The Hall–Kier alpha value is -2.41. The Morgan fingerprint density at radius 1 is 1.33 bits per heavy atom. The number of carbonyl (C=O) groups excluding carboxylic acids is 2. The minimum Gasteiger partial charge on any atom is -0.352 e. The Morgan fingerprint density at radius 3 is 2.67 bits per heavy atom. The molecule has 0 fully saturated rings. The van der Waals surface area contributed by atoms with E-state index >= 15 is 0 Å². The first-order valence-corrected chi connectivity index (χ1v) is 8.06. The minimum absolute atomic E-state index is 0.0207. The lowest BCUT2D eigenvalue weighted by atomic mass is 10.3. The molecule has 24 heavy (non-hydrogen) atoms. The van der Waals surface area contributed by atoms with Gasteiger partial charge in [0.1, 0.15) is 0 Å². The van der Waals surface area contributed by atoms with E-state index in [9.17, 15) is 9.59 Å². The van der Waals surface area contributed by atoms with E-state index in [-0.39, 0.29) is 30.1 Å². The van der Waals surface area contributed by atoms with Gasteiger partial charge in [0.05, 0.1) is 23.5 Å². The third-order valence-electron chi connectivity index (χ3n) is 3.26. The van der Waals surface area contributed by atoms with Gasteiger partial charge >= 0.3 is 0 Å². The normalized spacial score (nSPS) is 10.7. The average molecular weight is 350 g/mol. The van der Waals surface area contributed by atoms with Gasteiger partial charge in [0.15, 0.2) is 5.69 Å². The van der Waals surface area contributed by atoms with Crippen molar-refractivity contribution in [2.75, 3.05) is 13.1 Å². The Morgan fingerprint density at radius 2 is 2.04 bits per heavy atom. The molecule has 0 saturated carbocycles. The fraction of sp³-hybridized carbons (Fsp3) is 0.375. The summed E-state index contributed by atoms with van der Waals surface area (Å²) in [5.74, 6) is -0.562. The fourth-order valence-corrected chi connectivity index (χ4v) is 2.37. The molecule has 2 rings (SSSR count). The van der Waals surface area contributed by atoms with Crippen LogP contribution < -0.4 is 5.32 Å². The van der Waals surface area contributed by atoms with Crippen LogP contribution in [0.5, 0.6) is 0 Å². The van der Waals surface area contributed by atoms with Gasteiger partial charge in [-0.3, -0.25) is 9.59 Å². The monoisotopic (exact) mass is 349 g/mol. The molecule has 8 heteroatoms. The predicted molar refractivity (Wildman–Crippen MR) is 91.2 cm³/mol. The van der Waals surface area contributed by atoms with Gasteiger partial charge in [-0.2, -0.15) is 0 Å². The molecule has 2 aromatic rings. The van der Waals surface area contributed by atoms with Crippen LogP contribution in [-0.4, -0.2) is 50.8 Å². The van der Waals surface area contributed by atoms with E-state index in [1.807, 2.05) is 19.9 Å². The molecule has 1 heterocycles. The van der Waals surface area contributed by atoms with Crippen LogP contribution >= 0.6 is 11.6 Å². The molecule has 128 valence electrons. The smallest absolute Gasteiger partial charge is 0.276 e. The number of aromatic nitrogens is 3. The van der Waals surface area contributed by atoms with E-state index in [0.29, 0.717) is 17.3 Å². The van der Waals surface area contributed by atoms with E-state index in [1.165, 1.54) is 15.8 Å². The van der Waals surface area contributed by atoms with Crippen LogP contribution in [-0.2, 0) is 4.79 Å². The molecule has 0 saturated heterocycles. The van der Waals surface area contributed by atoms with E-state index < -0.39 is 0 Å². The quantitative estimate of drug-likeness (QED) is 0.863. The average Bonchev–Trinajstić information content (AvgIpc) is 3.01. The number of para-hydroxylation sites is 1. The topological polar surface area (TPSA) is 80.1 Å².